The molecule has 1 aliphatic heterocycles. The Labute approximate surface area is 120 Å². The van der Waals surface area contributed by atoms with E-state index in [1.807, 2.05) is 0 Å². The highest BCUT2D eigenvalue weighted by molar-refractivity contribution is 5.82. The molecule has 5 heteroatoms. The number of carbonyl (C=O) groups is 2. The summed E-state index contributed by atoms with van der Waals surface area (Å²) in [6.45, 7) is 0.825. The van der Waals surface area contributed by atoms with Crippen molar-refractivity contribution in [2.45, 2.75) is 63.5 Å². The minimum absolute atomic E-state index is 0.0257. The van der Waals surface area contributed by atoms with Gasteiger partial charge in [-0.25, -0.2) is 0 Å². The van der Waals surface area contributed by atoms with E-state index in [1.165, 1.54) is 7.11 Å². The van der Waals surface area contributed by atoms with Gasteiger partial charge in [-0.3, -0.25) is 9.59 Å². The molecule has 0 bridgehead atoms. The number of methoxy groups -OCH3 is 1. The lowest BCUT2D eigenvalue weighted by molar-refractivity contribution is -0.150. The van der Waals surface area contributed by atoms with Crippen LogP contribution in [0.1, 0.15) is 51.4 Å². The van der Waals surface area contributed by atoms with Crippen LogP contribution >= 0.6 is 0 Å². The summed E-state index contributed by atoms with van der Waals surface area (Å²) in [7, 11) is 1.36. The van der Waals surface area contributed by atoms with Crippen molar-refractivity contribution in [3.05, 3.63) is 0 Å². The van der Waals surface area contributed by atoms with E-state index in [0.717, 1.165) is 51.6 Å². The molecule has 2 fully saturated rings. The summed E-state index contributed by atoms with van der Waals surface area (Å²) >= 11 is 0. The molecule has 1 saturated carbocycles. The summed E-state index contributed by atoms with van der Waals surface area (Å²) in [5.41, 5.74) is 0. The van der Waals surface area contributed by atoms with Crippen molar-refractivity contribution in [2.75, 3.05) is 20.3 Å². The Bertz CT molecular complexity index is 333. The molecule has 1 unspecified atom stereocenters. The van der Waals surface area contributed by atoms with E-state index in [0.29, 0.717) is 6.42 Å². The quantitative estimate of drug-likeness (QED) is 0.723. The Morgan fingerprint density at radius 3 is 2.45 bits per heavy atom. The van der Waals surface area contributed by atoms with Gasteiger partial charge in [-0.2, -0.15) is 0 Å². The van der Waals surface area contributed by atoms with E-state index in [-0.39, 0.29) is 30.6 Å². The number of rotatable bonds is 5. The van der Waals surface area contributed by atoms with E-state index in [1.54, 1.807) is 4.90 Å². The fourth-order valence-corrected chi connectivity index (χ4v) is 3.12. The number of ether oxygens (including phenoxy) is 2. The van der Waals surface area contributed by atoms with Crippen LogP contribution in [0.15, 0.2) is 0 Å². The van der Waals surface area contributed by atoms with Crippen LogP contribution in [0.4, 0.5) is 0 Å². The summed E-state index contributed by atoms with van der Waals surface area (Å²) < 4.78 is 10.3. The first-order valence-electron chi connectivity index (χ1n) is 7.68. The summed E-state index contributed by atoms with van der Waals surface area (Å²) in [5.74, 6) is -0.302. The largest absolute Gasteiger partial charge is 0.468 e. The standard InChI is InChI=1S/C15H25NO4/c1-19-15(18)11-16(12-6-2-3-7-12)14(17)10-13-8-4-5-9-20-13/h12-13H,2-11H2,1H3. The van der Waals surface area contributed by atoms with Crippen LogP contribution in [0.2, 0.25) is 0 Å². The fraction of sp³-hybridized carbons (Fsp3) is 0.867. The number of hydrogen-bond donors (Lipinski definition) is 0. The molecule has 0 aromatic rings. The van der Waals surface area contributed by atoms with Crippen LogP contribution < -0.4 is 0 Å². The predicted molar refractivity (Wildman–Crippen MR) is 74.2 cm³/mol. The van der Waals surface area contributed by atoms with Gasteiger partial charge in [-0.15, -0.1) is 0 Å². The molecule has 1 atom stereocenters. The Morgan fingerprint density at radius 1 is 1.15 bits per heavy atom. The second-order valence-corrected chi connectivity index (χ2v) is 5.73. The molecule has 5 nitrogen and oxygen atoms in total. The lowest BCUT2D eigenvalue weighted by Crippen LogP contribution is -2.44. The zero-order valence-corrected chi connectivity index (χ0v) is 12.3. The number of esters is 1. The van der Waals surface area contributed by atoms with E-state index in [2.05, 4.69) is 0 Å². The zero-order chi connectivity index (χ0) is 14.4. The molecule has 0 spiro atoms. The van der Waals surface area contributed by atoms with Crippen LogP contribution in [-0.2, 0) is 19.1 Å². The maximum absolute atomic E-state index is 12.5. The minimum Gasteiger partial charge on any atom is -0.468 e. The van der Waals surface area contributed by atoms with E-state index >= 15 is 0 Å². The summed E-state index contributed by atoms with van der Waals surface area (Å²) in [6.07, 6.45) is 7.83. The van der Waals surface area contributed by atoms with Crippen molar-refractivity contribution >= 4 is 11.9 Å². The Balaban J connectivity index is 1.92. The fourth-order valence-electron chi connectivity index (χ4n) is 3.12. The van der Waals surface area contributed by atoms with Gasteiger partial charge in [0.2, 0.25) is 5.91 Å². The van der Waals surface area contributed by atoms with Crippen molar-refractivity contribution in [3.8, 4) is 0 Å². The van der Waals surface area contributed by atoms with Crippen LogP contribution in [0, 0.1) is 0 Å². The summed E-state index contributed by atoms with van der Waals surface area (Å²) in [5, 5.41) is 0. The third-order valence-electron chi connectivity index (χ3n) is 4.29. The third kappa shape index (κ3) is 4.20. The molecule has 1 amide bonds. The summed E-state index contributed by atoms with van der Waals surface area (Å²) in [6, 6.07) is 0.199. The normalized spacial score (nSPS) is 23.6. The highest BCUT2D eigenvalue weighted by Gasteiger charge is 2.30. The molecule has 0 aromatic heterocycles. The summed E-state index contributed by atoms with van der Waals surface area (Å²) in [4.78, 5) is 25.7. The number of carbonyl (C=O) groups excluding carboxylic acids is 2. The molecule has 2 rings (SSSR count). The van der Waals surface area contributed by atoms with Crippen LogP contribution in [0.3, 0.4) is 0 Å². The first-order valence-corrected chi connectivity index (χ1v) is 7.68. The minimum atomic E-state index is -0.338. The Morgan fingerprint density at radius 2 is 1.85 bits per heavy atom. The molecular weight excluding hydrogens is 258 g/mol. The molecule has 2 aliphatic rings. The first kappa shape index (κ1) is 15.3. The van der Waals surface area contributed by atoms with E-state index in [9.17, 15) is 9.59 Å². The third-order valence-corrected chi connectivity index (χ3v) is 4.29. The number of hydrogen-bond acceptors (Lipinski definition) is 4. The van der Waals surface area contributed by atoms with Gasteiger partial charge in [0.15, 0.2) is 0 Å². The lowest BCUT2D eigenvalue weighted by atomic mass is 10.0. The van der Waals surface area contributed by atoms with Gasteiger partial charge >= 0.3 is 5.97 Å². The topological polar surface area (TPSA) is 55.8 Å². The second-order valence-electron chi connectivity index (χ2n) is 5.73. The van der Waals surface area contributed by atoms with Gasteiger partial charge in [0.1, 0.15) is 6.54 Å². The molecule has 0 radical (unpaired) electrons. The molecule has 0 N–H and O–H groups in total. The van der Waals surface area contributed by atoms with Gasteiger partial charge in [0.05, 0.1) is 19.6 Å². The zero-order valence-electron chi connectivity index (χ0n) is 12.3. The monoisotopic (exact) mass is 283 g/mol. The smallest absolute Gasteiger partial charge is 0.325 e. The van der Waals surface area contributed by atoms with Crippen molar-refractivity contribution < 1.29 is 19.1 Å². The predicted octanol–water partition coefficient (Wildman–Crippen LogP) is 1.89. The number of amides is 1. The van der Waals surface area contributed by atoms with Crippen LogP contribution in [0.5, 0.6) is 0 Å². The molecule has 20 heavy (non-hydrogen) atoms. The van der Waals surface area contributed by atoms with Crippen molar-refractivity contribution in [1.29, 1.82) is 0 Å². The second kappa shape index (κ2) is 7.62. The highest BCUT2D eigenvalue weighted by Crippen LogP contribution is 2.25. The number of nitrogens with zero attached hydrogens (tertiary/aromatic N) is 1. The maximum atomic E-state index is 12.5. The van der Waals surface area contributed by atoms with Crippen LogP contribution in [-0.4, -0.2) is 49.2 Å². The maximum Gasteiger partial charge on any atom is 0.325 e. The van der Waals surface area contributed by atoms with E-state index in [4.69, 9.17) is 9.47 Å². The lowest BCUT2D eigenvalue weighted by Gasteiger charge is -2.30. The van der Waals surface area contributed by atoms with Gasteiger partial charge in [-0.05, 0) is 32.1 Å². The average Bonchev–Trinajstić information content (AvgIpc) is 2.99. The highest BCUT2D eigenvalue weighted by atomic mass is 16.5. The van der Waals surface area contributed by atoms with E-state index < -0.39 is 0 Å². The molecule has 1 saturated heterocycles. The van der Waals surface area contributed by atoms with Crippen LogP contribution in [0.25, 0.3) is 0 Å². The molecule has 1 heterocycles. The van der Waals surface area contributed by atoms with Gasteiger partial charge in [-0.1, -0.05) is 12.8 Å². The Kier molecular flexibility index (Phi) is 5.83. The Hall–Kier alpha value is -1.10. The van der Waals surface area contributed by atoms with Gasteiger partial charge in [0.25, 0.3) is 0 Å². The van der Waals surface area contributed by atoms with Crippen molar-refractivity contribution in [3.63, 3.8) is 0 Å². The average molecular weight is 283 g/mol. The first-order chi connectivity index (χ1) is 9.70. The van der Waals surface area contributed by atoms with Gasteiger partial charge < -0.3 is 14.4 Å². The molecule has 1 aliphatic carbocycles. The molecule has 114 valence electrons. The molecular formula is C15H25NO4. The SMILES string of the molecule is COC(=O)CN(C(=O)CC1CCCCO1)C1CCCC1. The van der Waals surface area contributed by atoms with Crippen molar-refractivity contribution in [1.82, 2.24) is 4.90 Å². The molecule has 0 aromatic carbocycles. The van der Waals surface area contributed by atoms with Crippen molar-refractivity contribution in [2.24, 2.45) is 0 Å². The van der Waals surface area contributed by atoms with Gasteiger partial charge in [0, 0.05) is 12.6 Å².